The number of amides is 1. The second-order valence-electron chi connectivity index (χ2n) is 11.4. The number of hydrogen-bond donors (Lipinski definition) is 2. The number of carbonyl (C=O) groups is 3. The van der Waals surface area contributed by atoms with Crippen LogP contribution < -0.4 is 0 Å². The lowest BCUT2D eigenvalue weighted by Gasteiger charge is -2.38. The maximum absolute atomic E-state index is 13.2. The predicted octanol–water partition coefficient (Wildman–Crippen LogP) is 4.95. The van der Waals surface area contributed by atoms with Gasteiger partial charge in [0.1, 0.15) is 11.3 Å². The molecule has 2 rings (SSSR count). The highest BCUT2D eigenvalue weighted by Crippen LogP contribution is 2.42. The summed E-state index contributed by atoms with van der Waals surface area (Å²) in [4.78, 5) is 38.4. The zero-order valence-electron chi connectivity index (χ0n) is 21.3. The fraction of sp³-hybridized carbons (Fsp3) is 0.654. The van der Waals surface area contributed by atoms with Gasteiger partial charge in [-0.05, 0) is 64.9 Å². The van der Waals surface area contributed by atoms with E-state index in [1.165, 1.54) is 4.90 Å². The summed E-state index contributed by atoms with van der Waals surface area (Å²) >= 11 is 0. The number of carboxylic acid groups (broad SMARTS) is 2. The molecule has 0 saturated carbocycles. The van der Waals surface area contributed by atoms with E-state index in [2.05, 4.69) is 0 Å². The van der Waals surface area contributed by atoms with Crippen molar-refractivity contribution in [3.05, 3.63) is 35.9 Å². The van der Waals surface area contributed by atoms with E-state index >= 15 is 0 Å². The molecule has 34 heavy (non-hydrogen) atoms. The molecule has 8 heteroatoms. The van der Waals surface area contributed by atoms with Crippen molar-refractivity contribution in [3.63, 3.8) is 0 Å². The maximum atomic E-state index is 13.2. The van der Waals surface area contributed by atoms with E-state index in [1.54, 1.807) is 34.6 Å². The molecule has 1 aliphatic heterocycles. The predicted molar refractivity (Wildman–Crippen MR) is 127 cm³/mol. The Hall–Kier alpha value is -2.61. The topological polar surface area (TPSA) is 113 Å². The van der Waals surface area contributed by atoms with Crippen molar-refractivity contribution in [1.82, 2.24) is 4.90 Å². The first-order chi connectivity index (χ1) is 15.5. The molecule has 0 radical (unpaired) electrons. The molecule has 1 fully saturated rings. The van der Waals surface area contributed by atoms with Gasteiger partial charge in [-0.3, -0.25) is 14.5 Å². The summed E-state index contributed by atoms with van der Waals surface area (Å²) in [6.07, 6.45) is -0.420. The van der Waals surface area contributed by atoms with Crippen molar-refractivity contribution < 1.29 is 34.1 Å². The van der Waals surface area contributed by atoms with Crippen molar-refractivity contribution in [2.45, 2.75) is 97.6 Å². The molecule has 0 spiro atoms. The van der Waals surface area contributed by atoms with E-state index in [4.69, 9.17) is 9.47 Å². The van der Waals surface area contributed by atoms with Gasteiger partial charge in [0.15, 0.2) is 0 Å². The number of ether oxygens (including phenoxy) is 2. The second kappa shape index (κ2) is 10.3. The molecule has 1 aromatic rings. The third-order valence-corrected chi connectivity index (χ3v) is 5.95. The number of benzene rings is 1. The lowest BCUT2D eigenvalue weighted by Crippen LogP contribution is -2.51. The Morgan fingerprint density at radius 2 is 1.68 bits per heavy atom. The number of hydrogen-bond acceptors (Lipinski definition) is 5. The zero-order chi connectivity index (χ0) is 25.9. The SMILES string of the molecule is CC(C)(CC(=O)O)C[C@H]1[C@H](C[C@@H](Cc2ccccc2)C(=O)O)OC(C)(C)N1C(=O)OC(C)(C)C. The van der Waals surface area contributed by atoms with E-state index in [1.807, 2.05) is 44.2 Å². The van der Waals surface area contributed by atoms with Gasteiger partial charge in [0, 0.05) is 0 Å². The highest BCUT2D eigenvalue weighted by molar-refractivity contribution is 5.71. The maximum Gasteiger partial charge on any atom is 0.412 e. The van der Waals surface area contributed by atoms with E-state index in [0.29, 0.717) is 12.8 Å². The quantitative estimate of drug-likeness (QED) is 0.517. The summed E-state index contributed by atoms with van der Waals surface area (Å²) < 4.78 is 11.9. The average Bonchev–Trinajstić information content (AvgIpc) is 2.88. The third kappa shape index (κ3) is 7.72. The number of aliphatic carboxylic acids is 2. The van der Waals surface area contributed by atoms with E-state index in [-0.39, 0.29) is 12.8 Å². The Balaban J connectivity index is 2.39. The summed E-state index contributed by atoms with van der Waals surface area (Å²) in [5.41, 5.74) is -1.54. The molecule has 190 valence electrons. The summed E-state index contributed by atoms with van der Waals surface area (Å²) in [6.45, 7) is 12.5. The van der Waals surface area contributed by atoms with Gasteiger partial charge in [0.05, 0.1) is 24.5 Å². The largest absolute Gasteiger partial charge is 0.481 e. The van der Waals surface area contributed by atoms with Crippen molar-refractivity contribution in [2.24, 2.45) is 11.3 Å². The molecule has 8 nitrogen and oxygen atoms in total. The number of nitrogens with zero attached hydrogens (tertiary/aromatic N) is 1. The Bertz CT molecular complexity index is 873. The van der Waals surface area contributed by atoms with E-state index in [0.717, 1.165) is 5.56 Å². The van der Waals surface area contributed by atoms with Crippen LogP contribution in [-0.4, -0.2) is 56.6 Å². The Labute approximate surface area is 202 Å². The molecule has 2 N–H and O–H groups in total. The Morgan fingerprint density at radius 1 is 1.09 bits per heavy atom. The summed E-state index contributed by atoms with van der Waals surface area (Å²) in [7, 11) is 0. The second-order valence-corrected chi connectivity index (χ2v) is 11.4. The first kappa shape index (κ1) is 27.6. The third-order valence-electron chi connectivity index (χ3n) is 5.95. The van der Waals surface area contributed by atoms with Crippen LogP contribution >= 0.6 is 0 Å². The van der Waals surface area contributed by atoms with Crippen LogP contribution in [0, 0.1) is 11.3 Å². The van der Waals surface area contributed by atoms with Gasteiger partial charge in [-0.2, -0.15) is 0 Å². The molecule has 1 heterocycles. The lowest BCUT2D eigenvalue weighted by atomic mass is 9.79. The van der Waals surface area contributed by atoms with Crippen LogP contribution in [0.25, 0.3) is 0 Å². The van der Waals surface area contributed by atoms with Crippen LogP contribution in [0.2, 0.25) is 0 Å². The Kier molecular flexibility index (Phi) is 8.40. The molecule has 0 aliphatic carbocycles. The molecule has 0 unspecified atom stereocenters. The van der Waals surface area contributed by atoms with Gasteiger partial charge < -0.3 is 19.7 Å². The first-order valence-corrected chi connectivity index (χ1v) is 11.7. The summed E-state index contributed by atoms with van der Waals surface area (Å²) in [5, 5.41) is 19.3. The minimum atomic E-state index is -1.05. The number of carbonyl (C=O) groups excluding carboxylic acids is 1. The van der Waals surface area contributed by atoms with Crippen molar-refractivity contribution in [2.75, 3.05) is 0 Å². The van der Waals surface area contributed by atoms with Gasteiger partial charge in [-0.1, -0.05) is 44.2 Å². The summed E-state index contributed by atoms with van der Waals surface area (Å²) in [6, 6.07) is 8.83. The monoisotopic (exact) mass is 477 g/mol. The van der Waals surface area contributed by atoms with Crippen LogP contribution in [0.15, 0.2) is 30.3 Å². The molecule has 1 amide bonds. The number of rotatable bonds is 9. The van der Waals surface area contributed by atoms with Crippen LogP contribution in [0.3, 0.4) is 0 Å². The van der Waals surface area contributed by atoms with E-state index in [9.17, 15) is 24.6 Å². The molecule has 1 saturated heterocycles. The van der Waals surface area contributed by atoms with Crippen molar-refractivity contribution >= 4 is 18.0 Å². The average molecular weight is 478 g/mol. The van der Waals surface area contributed by atoms with Crippen LogP contribution in [0.1, 0.15) is 73.3 Å². The van der Waals surface area contributed by atoms with Gasteiger partial charge >= 0.3 is 18.0 Å². The summed E-state index contributed by atoms with van der Waals surface area (Å²) in [5.74, 6) is -2.60. The first-order valence-electron chi connectivity index (χ1n) is 11.7. The van der Waals surface area contributed by atoms with Gasteiger partial charge in [-0.25, -0.2) is 4.79 Å². The molecular formula is C26H39NO7. The van der Waals surface area contributed by atoms with E-state index < -0.39 is 52.8 Å². The normalized spacial score (nSPS) is 21.2. The Morgan fingerprint density at radius 3 is 2.18 bits per heavy atom. The van der Waals surface area contributed by atoms with Crippen molar-refractivity contribution in [3.8, 4) is 0 Å². The standard InChI is InChI=1S/C26H39NO7/c1-24(2,3)34-23(32)27-19(15-25(4,5)16-21(28)29)20(33-26(27,6)7)14-18(22(30)31)13-17-11-9-8-10-12-17/h8-12,18-20H,13-16H2,1-7H3,(H,28,29)(H,30,31)/t18-,19+,20+/m1/s1. The fourth-order valence-electron chi connectivity index (χ4n) is 4.66. The van der Waals surface area contributed by atoms with Gasteiger partial charge in [0.25, 0.3) is 0 Å². The molecular weight excluding hydrogens is 438 g/mol. The molecule has 0 bridgehead atoms. The van der Waals surface area contributed by atoms with Crippen LogP contribution in [-0.2, 0) is 25.5 Å². The number of carboxylic acids is 2. The molecule has 0 aromatic heterocycles. The van der Waals surface area contributed by atoms with Gasteiger partial charge in [0.2, 0.25) is 0 Å². The minimum absolute atomic E-state index is 0.0921. The van der Waals surface area contributed by atoms with Gasteiger partial charge in [-0.15, -0.1) is 0 Å². The smallest absolute Gasteiger partial charge is 0.412 e. The molecule has 1 aromatic carbocycles. The highest BCUT2D eigenvalue weighted by atomic mass is 16.6. The highest BCUT2D eigenvalue weighted by Gasteiger charge is 2.53. The van der Waals surface area contributed by atoms with Crippen LogP contribution in [0.4, 0.5) is 4.79 Å². The zero-order valence-corrected chi connectivity index (χ0v) is 21.3. The fourth-order valence-corrected chi connectivity index (χ4v) is 4.66. The minimum Gasteiger partial charge on any atom is -0.481 e. The van der Waals surface area contributed by atoms with Crippen molar-refractivity contribution in [1.29, 1.82) is 0 Å². The molecule has 1 aliphatic rings. The van der Waals surface area contributed by atoms with Crippen LogP contribution in [0.5, 0.6) is 0 Å². The molecule has 3 atom stereocenters. The lowest BCUT2D eigenvalue weighted by molar-refractivity contribution is -0.144.